The van der Waals surface area contributed by atoms with Crippen molar-refractivity contribution in [3.05, 3.63) is 70.8 Å². The van der Waals surface area contributed by atoms with Crippen LogP contribution in [0.15, 0.2) is 48.5 Å². The van der Waals surface area contributed by atoms with E-state index in [9.17, 15) is 9.59 Å². The molecule has 2 amide bonds. The minimum atomic E-state index is -0.913. The Balaban J connectivity index is 1.58. The van der Waals surface area contributed by atoms with E-state index >= 15 is 0 Å². The van der Waals surface area contributed by atoms with Gasteiger partial charge in [-0.05, 0) is 68.8 Å². The fourth-order valence-electron chi connectivity index (χ4n) is 3.31. The van der Waals surface area contributed by atoms with Crippen LogP contribution in [0, 0.1) is 11.8 Å². The molecule has 0 aromatic heterocycles. The first-order valence-electron chi connectivity index (χ1n) is 10.9. The molecule has 1 aliphatic rings. The molecule has 2 aromatic rings. The molecule has 2 unspecified atom stereocenters. The van der Waals surface area contributed by atoms with Gasteiger partial charge in [0, 0.05) is 35.3 Å². The Morgan fingerprint density at radius 1 is 1.03 bits per heavy atom. The van der Waals surface area contributed by atoms with E-state index < -0.39 is 17.9 Å². The molecule has 1 fully saturated rings. The molecule has 2 atom stereocenters. The fourth-order valence-corrected chi connectivity index (χ4v) is 3.31. The quantitative estimate of drug-likeness (QED) is 0.248. The Kier molecular flexibility index (Phi) is 8.40. The largest absolute Gasteiger partial charge is 0.339 e. The highest BCUT2D eigenvalue weighted by atomic mass is 16.5. The topological polar surface area (TPSA) is 102 Å². The second-order valence-electron chi connectivity index (χ2n) is 8.04. The molecule has 0 aliphatic heterocycles. The highest BCUT2D eigenvalue weighted by molar-refractivity contribution is 5.97. The zero-order valence-corrected chi connectivity index (χ0v) is 18.4. The summed E-state index contributed by atoms with van der Waals surface area (Å²) >= 11 is 0. The van der Waals surface area contributed by atoms with Crippen molar-refractivity contribution in [2.75, 3.05) is 7.05 Å². The number of carbonyl (C=O) groups excluding carboxylic acids is 2. The number of amides is 2. The van der Waals surface area contributed by atoms with Crippen molar-refractivity contribution < 1.29 is 14.8 Å². The lowest BCUT2D eigenvalue weighted by atomic mass is 9.93. The Morgan fingerprint density at radius 2 is 1.62 bits per heavy atom. The average Bonchev–Trinajstić information content (AvgIpc) is 2.80. The number of hydroxylamine groups is 1. The van der Waals surface area contributed by atoms with Crippen LogP contribution in [0.4, 0.5) is 0 Å². The molecular weight excluding hydrogens is 404 g/mol. The van der Waals surface area contributed by atoms with Gasteiger partial charge in [-0.3, -0.25) is 14.8 Å². The van der Waals surface area contributed by atoms with Gasteiger partial charge < -0.3 is 16.0 Å². The van der Waals surface area contributed by atoms with Crippen LogP contribution in [0.3, 0.4) is 0 Å². The Labute approximate surface area is 188 Å². The van der Waals surface area contributed by atoms with Crippen molar-refractivity contribution in [2.45, 2.75) is 50.9 Å². The number of likely N-dealkylation sites (N-methyl/N-ethyl adjacent to an activating group) is 1. The summed E-state index contributed by atoms with van der Waals surface area (Å²) in [5.41, 5.74) is 4.94. The predicted octanol–water partition coefficient (Wildman–Crippen LogP) is 1.94. The molecule has 7 nitrogen and oxygen atoms in total. The molecule has 1 aliphatic carbocycles. The van der Waals surface area contributed by atoms with Crippen LogP contribution in [0.1, 0.15) is 53.2 Å². The minimum absolute atomic E-state index is 0.364. The van der Waals surface area contributed by atoms with Crippen molar-refractivity contribution in [1.29, 1.82) is 0 Å². The molecule has 7 heteroatoms. The molecule has 3 rings (SSSR count). The van der Waals surface area contributed by atoms with Gasteiger partial charge in [-0.2, -0.15) is 0 Å². The van der Waals surface area contributed by atoms with Gasteiger partial charge in [0.1, 0.15) is 6.04 Å². The Bertz CT molecular complexity index is 973. The van der Waals surface area contributed by atoms with E-state index in [1.54, 1.807) is 43.7 Å². The molecule has 1 saturated carbocycles. The summed E-state index contributed by atoms with van der Waals surface area (Å²) in [4.78, 5) is 24.3. The van der Waals surface area contributed by atoms with E-state index in [0.717, 1.165) is 17.7 Å². The lowest BCUT2D eigenvalue weighted by molar-refractivity contribution is -0.131. The summed E-state index contributed by atoms with van der Waals surface area (Å²) in [6, 6.07) is 14.5. The number of hydrogen-bond acceptors (Lipinski definition) is 5. The maximum absolute atomic E-state index is 12.5. The second kappa shape index (κ2) is 11.4. The van der Waals surface area contributed by atoms with E-state index in [2.05, 4.69) is 39.9 Å². The van der Waals surface area contributed by atoms with Gasteiger partial charge in [0.2, 0.25) is 0 Å². The highest BCUT2D eigenvalue weighted by Gasteiger charge is 2.26. The van der Waals surface area contributed by atoms with Crippen molar-refractivity contribution in [3.63, 3.8) is 0 Å². The molecule has 0 radical (unpaired) electrons. The van der Waals surface area contributed by atoms with E-state index in [1.807, 2.05) is 12.1 Å². The van der Waals surface area contributed by atoms with Crippen LogP contribution in [-0.2, 0) is 11.3 Å². The second-order valence-corrected chi connectivity index (χ2v) is 8.04. The SMILES string of the molecule is CNC(C)C(NC(=O)c1ccc(C#Cc2ccc(CNC3CCC3)cc2)cc1)C(=O)NO. The zero-order chi connectivity index (χ0) is 22.9. The molecule has 32 heavy (non-hydrogen) atoms. The lowest BCUT2D eigenvalue weighted by Gasteiger charge is -2.26. The number of hydrogen-bond donors (Lipinski definition) is 5. The number of carbonyl (C=O) groups is 2. The number of benzene rings is 2. The first-order valence-corrected chi connectivity index (χ1v) is 10.9. The van der Waals surface area contributed by atoms with Gasteiger partial charge in [-0.1, -0.05) is 30.4 Å². The molecule has 168 valence electrons. The summed E-state index contributed by atoms with van der Waals surface area (Å²) in [7, 11) is 1.67. The summed E-state index contributed by atoms with van der Waals surface area (Å²) in [6.07, 6.45) is 3.88. The maximum Gasteiger partial charge on any atom is 0.267 e. The smallest absolute Gasteiger partial charge is 0.267 e. The van der Waals surface area contributed by atoms with Crippen molar-refractivity contribution in [2.24, 2.45) is 0 Å². The Hall–Kier alpha value is -3.18. The molecule has 0 bridgehead atoms. The maximum atomic E-state index is 12.5. The third kappa shape index (κ3) is 6.41. The van der Waals surface area contributed by atoms with Crippen LogP contribution in [0.25, 0.3) is 0 Å². The van der Waals surface area contributed by atoms with Crippen molar-refractivity contribution >= 4 is 11.8 Å². The third-order valence-electron chi connectivity index (χ3n) is 5.79. The van der Waals surface area contributed by atoms with Crippen LogP contribution in [-0.4, -0.2) is 42.2 Å². The van der Waals surface area contributed by atoms with Gasteiger partial charge in [0.25, 0.3) is 11.8 Å². The molecule has 5 N–H and O–H groups in total. The van der Waals surface area contributed by atoms with E-state index in [4.69, 9.17) is 5.21 Å². The lowest BCUT2D eigenvalue weighted by Crippen LogP contribution is -2.55. The summed E-state index contributed by atoms with van der Waals surface area (Å²) in [6.45, 7) is 2.62. The first-order chi connectivity index (χ1) is 15.5. The van der Waals surface area contributed by atoms with E-state index in [1.165, 1.54) is 24.8 Å². The normalized spacial score (nSPS) is 15.0. The van der Waals surface area contributed by atoms with Gasteiger partial charge >= 0.3 is 0 Å². The molecule has 0 heterocycles. The van der Waals surface area contributed by atoms with Gasteiger partial charge in [0.15, 0.2) is 0 Å². The summed E-state index contributed by atoms with van der Waals surface area (Å²) in [5.74, 6) is 5.15. The highest BCUT2D eigenvalue weighted by Crippen LogP contribution is 2.18. The number of rotatable bonds is 8. The van der Waals surface area contributed by atoms with Crippen molar-refractivity contribution in [1.82, 2.24) is 21.4 Å². The fraction of sp³-hybridized carbons (Fsp3) is 0.360. The predicted molar refractivity (Wildman–Crippen MR) is 123 cm³/mol. The first kappa shape index (κ1) is 23.5. The van der Waals surface area contributed by atoms with Crippen molar-refractivity contribution in [3.8, 4) is 11.8 Å². The Morgan fingerprint density at radius 3 is 2.12 bits per heavy atom. The van der Waals surface area contributed by atoms with Gasteiger partial charge in [-0.15, -0.1) is 0 Å². The molecular formula is C25H30N4O3. The van der Waals surface area contributed by atoms with Crippen LogP contribution in [0.2, 0.25) is 0 Å². The third-order valence-corrected chi connectivity index (χ3v) is 5.79. The summed E-state index contributed by atoms with van der Waals surface area (Å²) < 4.78 is 0. The molecule has 2 aromatic carbocycles. The van der Waals surface area contributed by atoms with Crippen LogP contribution in [0.5, 0.6) is 0 Å². The van der Waals surface area contributed by atoms with Crippen LogP contribution < -0.4 is 21.4 Å². The van der Waals surface area contributed by atoms with E-state index in [0.29, 0.717) is 11.6 Å². The van der Waals surface area contributed by atoms with E-state index in [-0.39, 0.29) is 6.04 Å². The van der Waals surface area contributed by atoms with Gasteiger partial charge in [0.05, 0.1) is 0 Å². The van der Waals surface area contributed by atoms with Gasteiger partial charge in [-0.25, -0.2) is 5.48 Å². The summed E-state index contributed by atoms with van der Waals surface area (Å²) in [5, 5.41) is 18.0. The average molecular weight is 435 g/mol. The monoisotopic (exact) mass is 434 g/mol. The zero-order valence-electron chi connectivity index (χ0n) is 18.4. The molecule has 0 saturated heterocycles. The number of nitrogens with one attached hydrogen (secondary N) is 4. The minimum Gasteiger partial charge on any atom is -0.339 e. The standard InChI is InChI=1S/C25H30N4O3/c1-17(26-2)23(25(31)29-32)28-24(30)21-14-12-19(13-15-21)7-6-18-8-10-20(11-9-18)16-27-22-4-3-5-22/h8-15,17,22-23,26-27,32H,3-5,16H2,1-2H3,(H,28,30)(H,29,31). The van der Waals surface area contributed by atoms with Crippen LogP contribution >= 0.6 is 0 Å². The molecule has 0 spiro atoms.